The number of aromatic nitrogens is 4. The highest BCUT2D eigenvalue weighted by Gasteiger charge is 2.34. The van der Waals surface area contributed by atoms with Gasteiger partial charge in [0.1, 0.15) is 40.0 Å². The van der Waals surface area contributed by atoms with Crippen molar-refractivity contribution in [1.29, 1.82) is 0 Å². The number of benzene rings is 2. The molecule has 2 saturated heterocycles. The summed E-state index contributed by atoms with van der Waals surface area (Å²) >= 11 is 0. The van der Waals surface area contributed by atoms with Crippen molar-refractivity contribution in [1.82, 2.24) is 25.3 Å². The van der Waals surface area contributed by atoms with Crippen LogP contribution < -0.4 is 31.5 Å². The Morgan fingerprint density at radius 2 is 1.05 bits per heavy atom. The van der Waals surface area contributed by atoms with Crippen molar-refractivity contribution in [2.45, 2.75) is 52.6 Å². The predicted octanol–water partition coefficient (Wildman–Crippen LogP) is 9.31. The number of amides is 3. The largest absolute Gasteiger partial charge is 0.444 e. The number of alkyl halides is 6. The van der Waals surface area contributed by atoms with E-state index in [4.69, 9.17) is 24.9 Å². The first kappa shape index (κ1) is 58.1. The van der Waals surface area contributed by atoms with E-state index in [9.17, 15) is 40.7 Å². The maximum Gasteiger partial charge on any atom is 0.433 e. The number of nitrogens with one attached hydrogen (secondary N) is 3. The van der Waals surface area contributed by atoms with Crippen molar-refractivity contribution in [3.63, 3.8) is 0 Å². The molecule has 16 nitrogen and oxygen atoms in total. The number of pyridine rings is 4. The lowest BCUT2D eigenvalue weighted by molar-refractivity contribution is -0.142. The zero-order valence-corrected chi connectivity index (χ0v) is 43.8. The first-order valence-corrected chi connectivity index (χ1v) is 24.8. The van der Waals surface area contributed by atoms with Crippen molar-refractivity contribution >= 4 is 40.9 Å². The van der Waals surface area contributed by atoms with Gasteiger partial charge in [0.05, 0.1) is 39.5 Å². The highest BCUT2D eigenvalue weighted by molar-refractivity contribution is 6.05. The molecule has 0 radical (unpaired) electrons. The van der Waals surface area contributed by atoms with E-state index in [1.54, 1.807) is 51.1 Å². The number of carbonyl (C=O) groups is 3. The summed E-state index contributed by atoms with van der Waals surface area (Å²) in [6.45, 7) is 14.4. The van der Waals surface area contributed by atoms with Crippen molar-refractivity contribution in [2.24, 2.45) is 5.73 Å². The van der Waals surface area contributed by atoms with Crippen LogP contribution in [0.4, 0.5) is 54.1 Å². The monoisotopic (exact) mass is 1090 g/mol. The standard InChI is InChI=1S/C31H32F3N5O4.C26H24F3N5O2/c1-20-7-8-24(38-28(40)21-9-11-35-26(17-21)31(32,33)34)19-25(20)22-16-23(6-5-10-36-29(41)43-30(2,3)4)37-27(18-22)39-12-14-42-15-13-39;1-17-4-5-21(33-25(35)18-6-8-31-23(14-18)26(27,28)29)16-22(17)19-13-20(3-2-7-30)32-24(15-19)34-9-11-36-12-10-34/h7-9,11,16-19H,10,12-15H2,1-4H3,(H,36,41)(H,38,40);4-6,8,13-16H,7,9-12,30H2,1H3,(H,33,35). The Morgan fingerprint density at radius 1 is 0.620 bits per heavy atom. The zero-order chi connectivity index (χ0) is 56.9. The van der Waals surface area contributed by atoms with Crippen LogP contribution in [0.15, 0.2) is 97.3 Å². The molecular weight excluding hydrogens is 1030 g/mol. The molecule has 3 amide bonds. The second-order valence-electron chi connectivity index (χ2n) is 18.9. The summed E-state index contributed by atoms with van der Waals surface area (Å²) in [6, 6.07) is 22.0. The van der Waals surface area contributed by atoms with Gasteiger partial charge in [0.25, 0.3) is 11.8 Å². The zero-order valence-electron chi connectivity index (χ0n) is 43.8. The van der Waals surface area contributed by atoms with Crippen LogP contribution in [0.5, 0.6) is 0 Å². The van der Waals surface area contributed by atoms with Gasteiger partial charge >= 0.3 is 18.4 Å². The predicted molar refractivity (Wildman–Crippen MR) is 286 cm³/mol. The van der Waals surface area contributed by atoms with E-state index in [-0.39, 0.29) is 24.2 Å². The number of nitrogens with two attached hydrogens (primary N) is 1. The lowest BCUT2D eigenvalue weighted by Gasteiger charge is -2.28. The number of ether oxygens (including phenoxy) is 3. The van der Waals surface area contributed by atoms with Gasteiger partial charge in [0.2, 0.25) is 0 Å². The molecule has 0 saturated carbocycles. The molecule has 5 N–H and O–H groups in total. The molecule has 412 valence electrons. The Hall–Kier alpha value is -8.57. The van der Waals surface area contributed by atoms with Gasteiger partial charge in [0, 0.05) is 61.1 Å². The number of hydrogen-bond acceptors (Lipinski definition) is 13. The lowest BCUT2D eigenvalue weighted by Crippen LogP contribution is -2.36. The molecule has 79 heavy (non-hydrogen) atoms. The van der Waals surface area contributed by atoms with E-state index in [1.165, 1.54) is 12.1 Å². The molecule has 2 aliphatic rings. The van der Waals surface area contributed by atoms with Gasteiger partial charge in [-0.1, -0.05) is 24.0 Å². The van der Waals surface area contributed by atoms with Gasteiger partial charge in [-0.3, -0.25) is 19.6 Å². The van der Waals surface area contributed by atoms with E-state index in [0.29, 0.717) is 87.3 Å². The third kappa shape index (κ3) is 16.7. The highest BCUT2D eigenvalue weighted by Crippen LogP contribution is 2.34. The van der Waals surface area contributed by atoms with Crippen molar-refractivity contribution in [2.75, 3.05) is 86.1 Å². The molecule has 4 aromatic heterocycles. The summed E-state index contributed by atoms with van der Waals surface area (Å²) in [5.41, 5.74) is 9.24. The van der Waals surface area contributed by atoms with E-state index in [1.807, 2.05) is 44.2 Å². The van der Waals surface area contributed by atoms with Crippen LogP contribution in [0.1, 0.15) is 75.4 Å². The summed E-state index contributed by atoms with van der Waals surface area (Å²) in [4.78, 5) is 57.6. The van der Waals surface area contributed by atoms with Crippen LogP contribution in [0, 0.1) is 37.5 Å². The molecule has 6 aromatic rings. The Bertz CT molecular complexity index is 3310. The summed E-state index contributed by atoms with van der Waals surface area (Å²) in [6.07, 6.45) is -7.97. The average molecular weight is 1090 g/mol. The first-order valence-electron chi connectivity index (χ1n) is 24.8. The molecule has 2 aliphatic heterocycles. The minimum atomic E-state index is -4.67. The molecular formula is C57H56F6N10O6. The number of nitrogens with zero attached hydrogens (tertiary/aromatic N) is 6. The van der Waals surface area contributed by atoms with Crippen LogP contribution in [0.25, 0.3) is 22.3 Å². The van der Waals surface area contributed by atoms with Crippen molar-refractivity contribution < 1.29 is 54.9 Å². The van der Waals surface area contributed by atoms with Gasteiger partial charge in [-0.2, -0.15) is 26.3 Å². The van der Waals surface area contributed by atoms with Crippen molar-refractivity contribution in [3.05, 3.63) is 142 Å². The van der Waals surface area contributed by atoms with Gasteiger partial charge in [-0.25, -0.2) is 14.8 Å². The molecule has 0 aliphatic carbocycles. The SMILES string of the molecule is Cc1ccc(NC(=O)c2ccnc(C(F)(F)F)c2)cc1-c1cc(C#CCN)nc(N2CCOCC2)c1.Cc1ccc(NC(=O)c2ccnc(C(F)(F)F)c2)cc1-c1cc(C#CCNC(=O)OC(C)(C)C)nc(N2CCOCC2)c1. The summed E-state index contributed by atoms with van der Waals surface area (Å²) in [7, 11) is 0. The van der Waals surface area contributed by atoms with Crippen LogP contribution >= 0.6 is 0 Å². The average Bonchev–Trinajstić information content (AvgIpc) is 3.43. The van der Waals surface area contributed by atoms with E-state index >= 15 is 0 Å². The summed E-state index contributed by atoms with van der Waals surface area (Å²) < 4.78 is 94.4. The lowest BCUT2D eigenvalue weighted by atomic mass is 9.99. The number of carbonyl (C=O) groups excluding carboxylic acids is 3. The van der Waals surface area contributed by atoms with Gasteiger partial charge in [-0.05, 0) is 153 Å². The Balaban J connectivity index is 0.000000232. The molecule has 0 spiro atoms. The third-order valence-corrected chi connectivity index (χ3v) is 11.8. The van der Waals surface area contributed by atoms with Crippen LogP contribution in [0.3, 0.4) is 0 Å². The highest BCUT2D eigenvalue weighted by atomic mass is 19.4. The fourth-order valence-electron chi connectivity index (χ4n) is 7.97. The van der Waals surface area contributed by atoms with E-state index in [0.717, 1.165) is 57.7 Å². The number of aryl methyl sites for hydroxylation is 2. The molecule has 2 aromatic carbocycles. The Labute approximate surface area is 452 Å². The van der Waals surface area contributed by atoms with Crippen LogP contribution in [-0.4, -0.2) is 109 Å². The molecule has 0 bridgehead atoms. The van der Waals surface area contributed by atoms with Gasteiger partial charge in [-0.15, -0.1) is 0 Å². The second kappa shape index (κ2) is 25.7. The van der Waals surface area contributed by atoms with Gasteiger partial charge in [0.15, 0.2) is 0 Å². The number of rotatable bonds is 9. The third-order valence-electron chi connectivity index (χ3n) is 11.8. The number of anilines is 4. The van der Waals surface area contributed by atoms with E-state index in [2.05, 4.69) is 64.4 Å². The molecule has 0 atom stereocenters. The molecule has 22 heteroatoms. The first-order chi connectivity index (χ1) is 37.5. The molecule has 0 unspecified atom stereocenters. The Kier molecular flexibility index (Phi) is 18.9. The maximum atomic E-state index is 13.1. The van der Waals surface area contributed by atoms with Crippen LogP contribution in [-0.2, 0) is 26.6 Å². The fraction of sp³-hybridized carbons (Fsp3) is 0.316. The Morgan fingerprint density at radius 3 is 1.46 bits per heavy atom. The van der Waals surface area contributed by atoms with Crippen molar-refractivity contribution in [3.8, 4) is 45.9 Å². The minimum absolute atomic E-state index is 0.0549. The topological polar surface area (TPSA) is 199 Å². The second-order valence-corrected chi connectivity index (χ2v) is 18.9. The smallest absolute Gasteiger partial charge is 0.433 e. The number of morpholine rings is 2. The minimum Gasteiger partial charge on any atom is -0.444 e. The summed E-state index contributed by atoms with van der Waals surface area (Å²) in [5.74, 6) is 11.8. The number of halogens is 6. The fourth-order valence-corrected chi connectivity index (χ4v) is 7.97. The molecule has 2 fully saturated rings. The number of alkyl carbamates (subject to hydrolysis) is 1. The maximum absolute atomic E-state index is 13.1. The van der Waals surface area contributed by atoms with Gasteiger partial charge < -0.3 is 45.7 Å². The quantitative estimate of drug-likeness (QED) is 0.0790. The molecule has 6 heterocycles. The van der Waals surface area contributed by atoms with E-state index < -0.39 is 47.2 Å². The number of hydrogen-bond donors (Lipinski definition) is 4. The van der Waals surface area contributed by atoms with Crippen LogP contribution in [0.2, 0.25) is 0 Å². The molecule has 8 rings (SSSR count). The summed E-state index contributed by atoms with van der Waals surface area (Å²) in [5, 5.41) is 7.96. The normalized spacial score (nSPS) is 13.6.